The summed E-state index contributed by atoms with van der Waals surface area (Å²) in [6.07, 6.45) is -0.383. The summed E-state index contributed by atoms with van der Waals surface area (Å²) >= 11 is 12.3. The average Bonchev–Trinajstić information content (AvgIpc) is 2.94. The second kappa shape index (κ2) is 13.5. The summed E-state index contributed by atoms with van der Waals surface area (Å²) in [4.78, 5) is 30.2. The number of aliphatic hydroxyl groups excluding tert-OH is 1. The van der Waals surface area contributed by atoms with E-state index in [1.165, 1.54) is 24.3 Å². The normalized spacial score (nSPS) is 17.8. The molecule has 3 aromatic carbocycles. The van der Waals surface area contributed by atoms with Crippen molar-refractivity contribution in [2.24, 2.45) is 5.92 Å². The SMILES string of the molecule is C[C@H](CO)N1C[C@H](C)[C@@H](CN(C)Cc2ccc(Cl)c(Cl)c2)Oc2c(NC(=O)Nc3ccc(F)cc3)cccc2C1=O. The van der Waals surface area contributed by atoms with E-state index in [4.69, 9.17) is 27.9 Å². The maximum atomic E-state index is 13.7. The molecule has 3 atom stereocenters. The Bertz CT molecular complexity index is 1390. The van der Waals surface area contributed by atoms with Crippen LogP contribution in [0.3, 0.4) is 0 Å². The smallest absolute Gasteiger partial charge is 0.323 e. The van der Waals surface area contributed by atoms with E-state index in [9.17, 15) is 19.1 Å². The maximum absolute atomic E-state index is 13.7. The predicted molar refractivity (Wildman–Crippen MR) is 159 cm³/mol. The lowest BCUT2D eigenvalue weighted by Crippen LogP contribution is -2.49. The summed E-state index contributed by atoms with van der Waals surface area (Å²) in [6.45, 7) is 5.02. The third-order valence-corrected chi connectivity index (χ3v) is 7.71. The van der Waals surface area contributed by atoms with E-state index < -0.39 is 17.9 Å². The van der Waals surface area contributed by atoms with Crippen molar-refractivity contribution < 1.29 is 23.8 Å². The Morgan fingerprint density at radius 3 is 2.56 bits per heavy atom. The fraction of sp³-hybridized carbons (Fsp3) is 0.333. The molecule has 4 rings (SSSR count). The summed E-state index contributed by atoms with van der Waals surface area (Å²) in [5.74, 6) is -0.614. The lowest BCUT2D eigenvalue weighted by atomic mass is 9.99. The zero-order valence-electron chi connectivity index (χ0n) is 23.0. The van der Waals surface area contributed by atoms with Gasteiger partial charge in [0.15, 0.2) is 5.75 Å². The number of carbonyl (C=O) groups is 2. The van der Waals surface area contributed by atoms with Crippen LogP contribution < -0.4 is 15.4 Å². The van der Waals surface area contributed by atoms with Crippen molar-refractivity contribution in [1.29, 1.82) is 0 Å². The van der Waals surface area contributed by atoms with Crippen molar-refractivity contribution in [2.75, 3.05) is 37.4 Å². The molecule has 1 aliphatic rings. The highest BCUT2D eigenvalue weighted by atomic mass is 35.5. The van der Waals surface area contributed by atoms with Crippen molar-refractivity contribution in [3.8, 4) is 5.75 Å². The molecule has 0 bridgehead atoms. The topological polar surface area (TPSA) is 94.1 Å². The van der Waals surface area contributed by atoms with Gasteiger partial charge in [0.05, 0.1) is 33.9 Å². The molecule has 218 valence electrons. The Morgan fingerprint density at radius 2 is 1.88 bits per heavy atom. The molecule has 1 heterocycles. The van der Waals surface area contributed by atoms with Gasteiger partial charge < -0.3 is 25.4 Å². The van der Waals surface area contributed by atoms with Gasteiger partial charge in [-0.15, -0.1) is 0 Å². The first kappa shape index (κ1) is 30.6. The number of fused-ring (bicyclic) bond motifs is 1. The van der Waals surface area contributed by atoms with Crippen LogP contribution in [0.5, 0.6) is 5.75 Å². The number of nitrogens with one attached hydrogen (secondary N) is 2. The number of amides is 3. The number of benzene rings is 3. The van der Waals surface area contributed by atoms with Crippen LogP contribution in [0, 0.1) is 11.7 Å². The third kappa shape index (κ3) is 7.68. The molecule has 0 saturated heterocycles. The second-order valence-electron chi connectivity index (χ2n) is 10.3. The van der Waals surface area contributed by atoms with Crippen LogP contribution in [-0.4, -0.2) is 65.7 Å². The third-order valence-electron chi connectivity index (χ3n) is 6.97. The van der Waals surface area contributed by atoms with Gasteiger partial charge in [-0.25, -0.2) is 9.18 Å². The van der Waals surface area contributed by atoms with Gasteiger partial charge in [-0.1, -0.05) is 42.3 Å². The first-order valence-corrected chi connectivity index (χ1v) is 14.0. The van der Waals surface area contributed by atoms with Crippen molar-refractivity contribution in [1.82, 2.24) is 9.80 Å². The van der Waals surface area contributed by atoms with Gasteiger partial charge in [0.1, 0.15) is 11.9 Å². The molecule has 1 aliphatic heterocycles. The number of hydrogen-bond acceptors (Lipinski definition) is 5. The lowest BCUT2D eigenvalue weighted by Gasteiger charge is -2.38. The van der Waals surface area contributed by atoms with Crippen molar-refractivity contribution in [3.63, 3.8) is 0 Å². The van der Waals surface area contributed by atoms with Gasteiger partial charge in [0.25, 0.3) is 5.91 Å². The molecular formula is C30H33Cl2FN4O4. The van der Waals surface area contributed by atoms with Crippen LogP contribution in [0.25, 0.3) is 0 Å². The quantitative estimate of drug-likeness (QED) is 0.288. The molecule has 0 radical (unpaired) electrons. The molecule has 0 spiro atoms. The van der Waals surface area contributed by atoms with Gasteiger partial charge >= 0.3 is 6.03 Å². The molecule has 3 N–H and O–H groups in total. The van der Waals surface area contributed by atoms with Crippen LogP contribution in [-0.2, 0) is 6.54 Å². The van der Waals surface area contributed by atoms with E-state index in [0.29, 0.717) is 41.1 Å². The predicted octanol–water partition coefficient (Wildman–Crippen LogP) is 6.13. The minimum atomic E-state index is -0.579. The molecule has 41 heavy (non-hydrogen) atoms. The monoisotopic (exact) mass is 602 g/mol. The number of nitrogens with zero attached hydrogens (tertiary/aromatic N) is 2. The summed E-state index contributed by atoms with van der Waals surface area (Å²) in [7, 11) is 1.96. The Labute approximate surface area is 249 Å². The number of para-hydroxylation sites is 1. The number of aliphatic hydroxyl groups is 1. The number of rotatable bonds is 8. The summed E-state index contributed by atoms with van der Waals surface area (Å²) in [5, 5.41) is 16.3. The Hall–Kier alpha value is -3.37. The van der Waals surface area contributed by atoms with Crippen molar-refractivity contribution >= 4 is 46.5 Å². The molecule has 11 heteroatoms. The Balaban J connectivity index is 1.62. The van der Waals surface area contributed by atoms with Gasteiger partial charge in [-0.2, -0.15) is 0 Å². The number of hydrogen-bond donors (Lipinski definition) is 3. The first-order chi connectivity index (χ1) is 19.5. The zero-order valence-corrected chi connectivity index (χ0v) is 24.5. The molecule has 3 aromatic rings. The summed E-state index contributed by atoms with van der Waals surface area (Å²) in [6, 6.07) is 14.8. The van der Waals surface area contributed by atoms with E-state index >= 15 is 0 Å². The lowest BCUT2D eigenvalue weighted by molar-refractivity contribution is 0.0343. The average molecular weight is 604 g/mol. The molecule has 0 saturated carbocycles. The van der Waals surface area contributed by atoms with E-state index in [1.54, 1.807) is 36.1 Å². The highest BCUT2D eigenvalue weighted by molar-refractivity contribution is 6.42. The molecule has 8 nitrogen and oxygen atoms in total. The number of urea groups is 1. The summed E-state index contributed by atoms with van der Waals surface area (Å²) in [5.41, 5.74) is 1.96. The van der Waals surface area contributed by atoms with Gasteiger partial charge in [0.2, 0.25) is 0 Å². The Kier molecular flexibility index (Phi) is 10.1. The minimum Gasteiger partial charge on any atom is -0.486 e. The zero-order chi connectivity index (χ0) is 29.7. The van der Waals surface area contributed by atoms with Crippen LogP contribution in [0.15, 0.2) is 60.7 Å². The van der Waals surface area contributed by atoms with Crippen molar-refractivity contribution in [2.45, 2.75) is 32.5 Å². The molecule has 0 aromatic heterocycles. The van der Waals surface area contributed by atoms with Gasteiger partial charge in [-0.05, 0) is 68.1 Å². The maximum Gasteiger partial charge on any atom is 0.323 e. The first-order valence-electron chi connectivity index (χ1n) is 13.2. The van der Waals surface area contributed by atoms with E-state index in [-0.39, 0.29) is 35.8 Å². The van der Waals surface area contributed by atoms with Gasteiger partial charge in [0, 0.05) is 31.2 Å². The molecule has 0 aliphatic carbocycles. The van der Waals surface area contributed by atoms with Gasteiger partial charge in [-0.3, -0.25) is 9.69 Å². The summed E-state index contributed by atoms with van der Waals surface area (Å²) < 4.78 is 19.8. The van der Waals surface area contributed by atoms with Crippen LogP contribution >= 0.6 is 23.2 Å². The largest absolute Gasteiger partial charge is 0.486 e. The molecule has 3 amide bonds. The highest BCUT2D eigenvalue weighted by Gasteiger charge is 2.34. The highest BCUT2D eigenvalue weighted by Crippen LogP contribution is 2.35. The fourth-order valence-corrected chi connectivity index (χ4v) is 5.02. The second-order valence-corrected chi connectivity index (χ2v) is 11.2. The number of halogens is 3. The van der Waals surface area contributed by atoms with Crippen LogP contribution in [0.1, 0.15) is 29.8 Å². The van der Waals surface area contributed by atoms with Crippen LogP contribution in [0.4, 0.5) is 20.6 Å². The van der Waals surface area contributed by atoms with E-state index in [1.807, 2.05) is 26.1 Å². The van der Waals surface area contributed by atoms with E-state index in [0.717, 1.165) is 5.56 Å². The number of ether oxygens (including phenoxy) is 1. The standard InChI is InChI=1S/C30H33Cl2FN4O4/c1-18-14-37(19(2)17-38)29(39)23-5-4-6-26(35-30(40)34-22-10-8-21(33)9-11-22)28(23)41-27(18)16-36(3)15-20-7-12-24(31)25(32)13-20/h4-13,18-19,27,38H,14-17H2,1-3H3,(H2,34,35,40)/t18-,19+,27+/m0/s1. The number of carbonyl (C=O) groups excluding carboxylic acids is 2. The molecule has 0 fully saturated rings. The number of likely N-dealkylation sites (N-methyl/N-ethyl adjacent to an activating group) is 1. The van der Waals surface area contributed by atoms with Crippen LogP contribution in [0.2, 0.25) is 10.0 Å². The molecular weight excluding hydrogens is 570 g/mol. The fourth-order valence-electron chi connectivity index (χ4n) is 4.70. The molecule has 0 unspecified atom stereocenters. The Morgan fingerprint density at radius 1 is 1.15 bits per heavy atom. The minimum absolute atomic E-state index is 0.126. The van der Waals surface area contributed by atoms with Crippen molar-refractivity contribution in [3.05, 3.63) is 87.7 Å². The number of anilines is 2. The van der Waals surface area contributed by atoms with E-state index in [2.05, 4.69) is 15.5 Å².